The van der Waals surface area contributed by atoms with Gasteiger partial charge in [0.05, 0.1) is 12.8 Å². The van der Waals surface area contributed by atoms with Gasteiger partial charge in [0.25, 0.3) is 5.56 Å². The Kier molecular flexibility index (Phi) is 3.77. The lowest BCUT2D eigenvalue weighted by Gasteiger charge is -2.04. The van der Waals surface area contributed by atoms with E-state index in [0.29, 0.717) is 33.8 Å². The first-order valence-corrected chi connectivity index (χ1v) is 9.19. The molecule has 0 spiro atoms. The van der Waals surface area contributed by atoms with Crippen LogP contribution in [0.5, 0.6) is 5.75 Å². The smallest absolute Gasteiger partial charge is 0.285 e. The number of oxazole rings is 1. The Hall–Kier alpha value is -3.87. The van der Waals surface area contributed by atoms with E-state index in [-0.39, 0.29) is 11.4 Å². The number of para-hydroxylation sites is 1. The van der Waals surface area contributed by atoms with Crippen LogP contribution in [0.1, 0.15) is 11.4 Å². The van der Waals surface area contributed by atoms with Crippen LogP contribution < -0.4 is 10.3 Å². The lowest BCUT2D eigenvalue weighted by molar-refractivity contribution is 0.410. The van der Waals surface area contributed by atoms with Crippen molar-refractivity contribution in [3.8, 4) is 28.3 Å². The zero-order valence-electron chi connectivity index (χ0n) is 16.2. The summed E-state index contributed by atoms with van der Waals surface area (Å²) in [5, 5.41) is 3.14. The number of methoxy groups -OCH3 is 1. The minimum atomic E-state index is -0.261. The van der Waals surface area contributed by atoms with E-state index in [1.54, 1.807) is 20.1 Å². The normalized spacial score (nSPS) is 11.4. The predicted octanol–water partition coefficient (Wildman–Crippen LogP) is 4.12. The number of H-pyrrole nitrogens is 1. The maximum absolute atomic E-state index is 13.3. The van der Waals surface area contributed by atoms with Crippen molar-refractivity contribution in [3.63, 3.8) is 0 Å². The number of rotatable bonds is 3. The van der Waals surface area contributed by atoms with Crippen molar-refractivity contribution >= 4 is 16.7 Å². The highest BCUT2D eigenvalue weighted by atomic mass is 16.5. The number of benzene rings is 2. The fourth-order valence-corrected chi connectivity index (χ4v) is 3.68. The largest absolute Gasteiger partial charge is 0.493 e. The molecule has 0 amide bonds. The first-order chi connectivity index (χ1) is 14.1. The van der Waals surface area contributed by atoms with Gasteiger partial charge in [-0.05, 0) is 31.5 Å². The Morgan fingerprint density at radius 2 is 1.79 bits per heavy atom. The second-order valence-electron chi connectivity index (χ2n) is 6.84. The molecule has 5 rings (SSSR count). The van der Waals surface area contributed by atoms with Crippen molar-refractivity contribution in [3.05, 3.63) is 70.3 Å². The third-order valence-corrected chi connectivity index (χ3v) is 5.02. The fourth-order valence-electron chi connectivity index (χ4n) is 3.68. The molecule has 0 bridgehead atoms. The van der Waals surface area contributed by atoms with E-state index < -0.39 is 0 Å². The predicted molar refractivity (Wildman–Crippen MR) is 110 cm³/mol. The van der Waals surface area contributed by atoms with Gasteiger partial charge in [-0.1, -0.05) is 36.4 Å². The molecule has 1 N–H and O–H groups in total. The van der Waals surface area contributed by atoms with E-state index in [4.69, 9.17) is 14.1 Å². The SMILES string of the molecule is COc1cccc2nc(-c3c(C)nc4c(-c5ccccc5)c(C)[nH]n4c3=O)oc12. The molecule has 29 heavy (non-hydrogen) atoms. The maximum Gasteiger partial charge on any atom is 0.285 e. The molecule has 0 unspecified atom stereocenters. The monoisotopic (exact) mass is 386 g/mol. The van der Waals surface area contributed by atoms with E-state index >= 15 is 0 Å². The second-order valence-corrected chi connectivity index (χ2v) is 6.84. The highest BCUT2D eigenvalue weighted by Gasteiger charge is 2.22. The van der Waals surface area contributed by atoms with Crippen molar-refractivity contribution in [1.29, 1.82) is 0 Å². The summed E-state index contributed by atoms with van der Waals surface area (Å²) >= 11 is 0. The maximum atomic E-state index is 13.3. The summed E-state index contributed by atoms with van der Waals surface area (Å²) in [6.07, 6.45) is 0. The van der Waals surface area contributed by atoms with Gasteiger partial charge in [0.2, 0.25) is 5.89 Å². The summed E-state index contributed by atoms with van der Waals surface area (Å²) < 4.78 is 12.7. The number of hydrogen-bond donors (Lipinski definition) is 1. The number of nitrogens with one attached hydrogen (secondary N) is 1. The van der Waals surface area contributed by atoms with Crippen LogP contribution in [0.4, 0.5) is 0 Å². The Bertz CT molecular complexity index is 1430. The number of aromatic amines is 1. The average Bonchev–Trinajstić information content (AvgIpc) is 3.29. The van der Waals surface area contributed by atoms with Crippen molar-refractivity contribution < 1.29 is 9.15 Å². The molecule has 0 saturated carbocycles. The average molecular weight is 386 g/mol. The summed E-state index contributed by atoms with van der Waals surface area (Å²) in [4.78, 5) is 22.6. The van der Waals surface area contributed by atoms with Gasteiger partial charge < -0.3 is 9.15 Å². The van der Waals surface area contributed by atoms with Crippen molar-refractivity contribution in [2.75, 3.05) is 7.11 Å². The number of aromatic nitrogens is 4. The Balaban J connectivity index is 1.78. The summed E-state index contributed by atoms with van der Waals surface area (Å²) in [6.45, 7) is 3.72. The molecule has 3 heterocycles. The van der Waals surface area contributed by atoms with Crippen LogP contribution in [-0.4, -0.2) is 26.7 Å². The van der Waals surface area contributed by atoms with Crippen LogP contribution in [0.25, 0.3) is 39.3 Å². The van der Waals surface area contributed by atoms with Gasteiger partial charge >= 0.3 is 0 Å². The molecule has 0 atom stereocenters. The molecule has 5 aromatic rings. The first-order valence-electron chi connectivity index (χ1n) is 9.19. The van der Waals surface area contributed by atoms with Gasteiger partial charge in [-0.2, -0.15) is 0 Å². The first kappa shape index (κ1) is 17.2. The van der Waals surface area contributed by atoms with Crippen LogP contribution in [0.15, 0.2) is 57.7 Å². The lowest BCUT2D eigenvalue weighted by Crippen LogP contribution is -2.19. The van der Waals surface area contributed by atoms with E-state index in [1.807, 2.05) is 49.4 Å². The van der Waals surface area contributed by atoms with Crippen molar-refractivity contribution in [2.45, 2.75) is 13.8 Å². The Morgan fingerprint density at radius 1 is 1.00 bits per heavy atom. The topological polar surface area (TPSA) is 85.4 Å². The minimum absolute atomic E-state index is 0.224. The molecule has 0 radical (unpaired) electrons. The number of nitrogens with zero attached hydrogens (tertiary/aromatic N) is 3. The molecular weight excluding hydrogens is 368 g/mol. The quantitative estimate of drug-likeness (QED) is 0.504. The van der Waals surface area contributed by atoms with Crippen LogP contribution in [-0.2, 0) is 0 Å². The summed E-state index contributed by atoms with van der Waals surface area (Å²) in [6, 6.07) is 15.3. The molecular formula is C22H18N4O3. The molecule has 0 aliphatic carbocycles. The van der Waals surface area contributed by atoms with E-state index in [9.17, 15) is 4.79 Å². The van der Waals surface area contributed by atoms with Gasteiger partial charge in [0, 0.05) is 11.3 Å². The van der Waals surface area contributed by atoms with Crippen molar-refractivity contribution in [1.82, 2.24) is 19.6 Å². The summed E-state index contributed by atoms with van der Waals surface area (Å²) in [5.41, 5.74) is 5.07. The van der Waals surface area contributed by atoms with Crippen LogP contribution >= 0.6 is 0 Å². The number of ether oxygens (including phenoxy) is 1. The molecule has 2 aromatic carbocycles. The number of aryl methyl sites for hydroxylation is 2. The molecule has 3 aromatic heterocycles. The zero-order chi connectivity index (χ0) is 20.1. The molecule has 0 aliphatic rings. The van der Waals surface area contributed by atoms with Gasteiger partial charge in [-0.25, -0.2) is 14.5 Å². The molecule has 144 valence electrons. The number of hydrogen-bond acceptors (Lipinski definition) is 5. The molecule has 0 saturated heterocycles. The van der Waals surface area contributed by atoms with Crippen LogP contribution in [0.3, 0.4) is 0 Å². The minimum Gasteiger partial charge on any atom is -0.493 e. The van der Waals surface area contributed by atoms with Gasteiger partial charge in [0.15, 0.2) is 17.0 Å². The van der Waals surface area contributed by atoms with E-state index in [1.165, 1.54) is 4.52 Å². The van der Waals surface area contributed by atoms with E-state index in [2.05, 4.69) is 10.1 Å². The zero-order valence-corrected chi connectivity index (χ0v) is 16.2. The Morgan fingerprint density at radius 3 is 2.55 bits per heavy atom. The summed E-state index contributed by atoms with van der Waals surface area (Å²) in [7, 11) is 1.57. The summed E-state index contributed by atoms with van der Waals surface area (Å²) in [5.74, 6) is 0.789. The highest BCUT2D eigenvalue weighted by Crippen LogP contribution is 2.31. The number of fused-ring (bicyclic) bond motifs is 2. The van der Waals surface area contributed by atoms with Crippen LogP contribution in [0.2, 0.25) is 0 Å². The van der Waals surface area contributed by atoms with Gasteiger partial charge in [-0.15, -0.1) is 0 Å². The van der Waals surface area contributed by atoms with Gasteiger partial charge in [-0.3, -0.25) is 9.89 Å². The lowest BCUT2D eigenvalue weighted by atomic mass is 10.1. The second kappa shape index (κ2) is 6.34. The highest BCUT2D eigenvalue weighted by molar-refractivity contribution is 5.83. The molecule has 0 fully saturated rings. The fraction of sp³-hybridized carbons (Fsp3) is 0.136. The van der Waals surface area contributed by atoms with E-state index in [0.717, 1.165) is 16.8 Å². The molecule has 7 heteroatoms. The van der Waals surface area contributed by atoms with Crippen LogP contribution in [0, 0.1) is 13.8 Å². The third kappa shape index (κ3) is 2.55. The third-order valence-electron chi connectivity index (χ3n) is 5.02. The molecule has 0 aliphatic heterocycles. The Labute approximate surface area is 165 Å². The van der Waals surface area contributed by atoms with Gasteiger partial charge in [0.1, 0.15) is 11.1 Å². The molecule has 7 nitrogen and oxygen atoms in total. The van der Waals surface area contributed by atoms with Crippen molar-refractivity contribution in [2.24, 2.45) is 0 Å². The standard InChI is InChI=1S/C22H18N4O3/c1-12-18(21-24-15-10-7-11-16(28-3)19(15)29-21)22(27)26-20(23-12)17(13(2)25-26)14-8-5-4-6-9-14/h4-11,25H,1-3H3.